The molecule has 5 aromatic rings. The van der Waals surface area contributed by atoms with Crippen LogP contribution in [0.5, 0.6) is 0 Å². The van der Waals surface area contributed by atoms with Gasteiger partial charge in [-0.3, -0.25) is 0 Å². The predicted octanol–water partition coefficient (Wildman–Crippen LogP) is 7.24. The predicted molar refractivity (Wildman–Crippen MR) is 137 cm³/mol. The van der Waals surface area contributed by atoms with Crippen LogP contribution >= 0.6 is 11.6 Å². The van der Waals surface area contributed by atoms with Crippen LogP contribution < -0.4 is 0 Å². The maximum absolute atomic E-state index is 16.2. The van der Waals surface area contributed by atoms with Gasteiger partial charge in [-0.15, -0.1) is 0 Å². The maximum Gasteiger partial charge on any atom is 0.174 e. The van der Waals surface area contributed by atoms with Crippen LogP contribution in [0.3, 0.4) is 0 Å². The average molecular weight is 502 g/mol. The van der Waals surface area contributed by atoms with Crippen LogP contribution in [0, 0.1) is 29.5 Å². The van der Waals surface area contributed by atoms with Crippen LogP contribution in [0.15, 0.2) is 47.1 Å². The molecule has 0 radical (unpaired) electrons. The summed E-state index contributed by atoms with van der Waals surface area (Å²) in [5.41, 5.74) is 3.06. The summed E-state index contributed by atoms with van der Waals surface area (Å²) < 4.78 is 22.2. The molecule has 3 aliphatic carbocycles. The molecule has 8 rings (SSSR count). The molecule has 0 saturated heterocycles. The van der Waals surface area contributed by atoms with Crippen molar-refractivity contribution in [3.63, 3.8) is 0 Å². The third kappa shape index (κ3) is 3.52. The number of hydrogen-bond donors (Lipinski definition) is 1. The second-order valence-corrected chi connectivity index (χ2v) is 10.7. The molecule has 6 nitrogen and oxygen atoms in total. The van der Waals surface area contributed by atoms with E-state index in [9.17, 15) is 0 Å². The highest BCUT2D eigenvalue weighted by Gasteiger charge is 2.41. The van der Waals surface area contributed by atoms with E-state index in [1.54, 1.807) is 6.20 Å². The van der Waals surface area contributed by atoms with Crippen LogP contribution in [0.2, 0.25) is 5.15 Å². The molecule has 3 fully saturated rings. The number of fused-ring (bicyclic) bond motifs is 5. The first-order valence-electron chi connectivity index (χ1n) is 12.6. The number of H-pyrrole nitrogens is 1. The molecule has 4 heterocycles. The molecule has 1 N–H and O–H groups in total. The second-order valence-electron chi connectivity index (χ2n) is 10.3. The Morgan fingerprint density at radius 1 is 1.08 bits per heavy atom. The summed E-state index contributed by atoms with van der Waals surface area (Å²) in [6, 6.07) is 9.49. The van der Waals surface area contributed by atoms with Gasteiger partial charge in [0.1, 0.15) is 21.9 Å². The van der Waals surface area contributed by atoms with Gasteiger partial charge in [-0.1, -0.05) is 36.7 Å². The van der Waals surface area contributed by atoms with Gasteiger partial charge in [0.05, 0.1) is 17.5 Å². The highest BCUT2D eigenvalue weighted by molar-refractivity contribution is 6.29. The standard InChI is InChI=1S/C28H25ClFN5O/c1-14-15-6-8-16(9-7-15)18(14)11-20-24(30)26(22-10-17-4-2-3-5-21(17)36-22)35-27(33-20)19-12-31-28-25(19)34-23(29)13-32-28/h2-5,10,12-16,18H,6-9,11H2,1H3,(H,31,32). The Kier molecular flexibility index (Phi) is 5.10. The Morgan fingerprint density at radius 3 is 2.69 bits per heavy atom. The first kappa shape index (κ1) is 21.9. The van der Waals surface area contributed by atoms with Gasteiger partial charge in [-0.05, 0) is 67.9 Å². The van der Waals surface area contributed by atoms with Crippen LogP contribution in [-0.4, -0.2) is 24.9 Å². The normalized spacial score (nSPS) is 23.6. The lowest BCUT2D eigenvalue weighted by Gasteiger charge is -2.47. The fourth-order valence-electron chi connectivity index (χ4n) is 6.51. The number of hydrogen-bond acceptors (Lipinski definition) is 5. The zero-order valence-electron chi connectivity index (χ0n) is 19.8. The van der Waals surface area contributed by atoms with Gasteiger partial charge in [-0.2, -0.15) is 0 Å². The van der Waals surface area contributed by atoms with Crippen molar-refractivity contribution in [3.8, 4) is 22.8 Å². The summed E-state index contributed by atoms with van der Waals surface area (Å²) in [5, 5.41) is 1.17. The van der Waals surface area contributed by atoms with Gasteiger partial charge >= 0.3 is 0 Å². The second kappa shape index (κ2) is 8.37. The van der Waals surface area contributed by atoms with Crippen LogP contribution in [0.25, 0.3) is 45.0 Å². The third-order valence-corrected chi connectivity index (χ3v) is 8.62. The number of nitrogens with zero attached hydrogens (tertiary/aromatic N) is 4. The number of nitrogens with one attached hydrogen (secondary N) is 1. The summed E-state index contributed by atoms with van der Waals surface area (Å²) in [4.78, 5) is 21.3. The Morgan fingerprint density at radius 2 is 1.89 bits per heavy atom. The number of halogens is 2. The van der Waals surface area contributed by atoms with Crippen molar-refractivity contribution < 1.29 is 8.81 Å². The fourth-order valence-corrected chi connectivity index (χ4v) is 6.64. The van der Waals surface area contributed by atoms with Gasteiger partial charge in [0.15, 0.2) is 23.0 Å². The van der Waals surface area contributed by atoms with Crippen molar-refractivity contribution in [2.75, 3.05) is 0 Å². The lowest BCUT2D eigenvalue weighted by atomic mass is 9.58. The molecule has 36 heavy (non-hydrogen) atoms. The zero-order chi connectivity index (χ0) is 24.4. The molecule has 1 aromatic carbocycles. The molecule has 2 atom stereocenters. The highest BCUT2D eigenvalue weighted by atomic mass is 35.5. The molecule has 0 amide bonds. The number of furan rings is 1. The third-order valence-electron chi connectivity index (χ3n) is 8.44. The minimum Gasteiger partial charge on any atom is -0.454 e. The quantitative estimate of drug-likeness (QED) is 0.281. The Balaban J connectivity index is 1.40. The topological polar surface area (TPSA) is 80.5 Å². The molecule has 3 aliphatic rings. The molecule has 3 saturated carbocycles. The van der Waals surface area contributed by atoms with E-state index < -0.39 is 5.82 Å². The molecule has 182 valence electrons. The number of rotatable bonds is 4. The number of aromatic nitrogens is 5. The summed E-state index contributed by atoms with van der Waals surface area (Å²) in [5.74, 6) is 2.69. The number of para-hydroxylation sites is 1. The summed E-state index contributed by atoms with van der Waals surface area (Å²) >= 11 is 6.14. The minimum atomic E-state index is -0.407. The van der Waals surface area contributed by atoms with E-state index in [-0.39, 0.29) is 10.8 Å². The first-order chi connectivity index (χ1) is 17.5. The van der Waals surface area contributed by atoms with E-state index in [1.165, 1.54) is 31.9 Å². The smallest absolute Gasteiger partial charge is 0.174 e. The van der Waals surface area contributed by atoms with Gasteiger partial charge < -0.3 is 9.40 Å². The van der Waals surface area contributed by atoms with Gasteiger partial charge in [0.25, 0.3) is 0 Å². The minimum absolute atomic E-state index is 0.171. The van der Waals surface area contributed by atoms with E-state index >= 15 is 4.39 Å². The summed E-state index contributed by atoms with van der Waals surface area (Å²) in [6.45, 7) is 2.33. The van der Waals surface area contributed by atoms with E-state index in [0.29, 0.717) is 63.8 Å². The maximum atomic E-state index is 16.2. The first-order valence-corrected chi connectivity index (χ1v) is 13.0. The van der Waals surface area contributed by atoms with Crippen molar-refractivity contribution in [2.45, 2.75) is 39.0 Å². The Hall–Kier alpha value is -3.32. The van der Waals surface area contributed by atoms with Crippen molar-refractivity contribution in [3.05, 3.63) is 59.4 Å². The van der Waals surface area contributed by atoms with E-state index in [1.807, 2.05) is 30.3 Å². The molecule has 4 aromatic heterocycles. The number of benzene rings is 1. The van der Waals surface area contributed by atoms with Crippen molar-refractivity contribution >= 4 is 33.7 Å². The van der Waals surface area contributed by atoms with Gasteiger partial charge in [0, 0.05) is 11.6 Å². The van der Waals surface area contributed by atoms with E-state index in [2.05, 4.69) is 26.9 Å². The van der Waals surface area contributed by atoms with Crippen LogP contribution in [0.1, 0.15) is 38.3 Å². The monoisotopic (exact) mass is 501 g/mol. The number of aromatic amines is 1. The molecule has 2 bridgehead atoms. The molecule has 8 heteroatoms. The van der Waals surface area contributed by atoms with E-state index in [0.717, 1.165) is 11.3 Å². The molecule has 0 spiro atoms. The Labute approximate surface area is 212 Å². The SMILES string of the molecule is CC1C2CCC(CC2)C1Cc1nc(-c2c[nH]c3ncc(Cl)nc23)nc(-c2cc3ccccc3o2)c1F. The molecule has 2 unspecified atom stereocenters. The highest BCUT2D eigenvalue weighted by Crippen LogP contribution is 2.50. The lowest BCUT2D eigenvalue weighted by molar-refractivity contribution is 0.0334. The summed E-state index contributed by atoms with van der Waals surface area (Å²) in [7, 11) is 0. The van der Waals surface area contributed by atoms with Crippen LogP contribution in [-0.2, 0) is 6.42 Å². The molecular weight excluding hydrogens is 477 g/mol. The van der Waals surface area contributed by atoms with E-state index in [4.69, 9.17) is 21.0 Å². The molecular formula is C28H25ClFN5O. The lowest BCUT2D eigenvalue weighted by Crippen LogP contribution is -2.39. The Bertz CT molecular complexity index is 1570. The van der Waals surface area contributed by atoms with Crippen LogP contribution in [0.4, 0.5) is 4.39 Å². The van der Waals surface area contributed by atoms with Crippen molar-refractivity contribution in [1.82, 2.24) is 24.9 Å². The zero-order valence-corrected chi connectivity index (χ0v) is 20.6. The summed E-state index contributed by atoms with van der Waals surface area (Å²) in [6.07, 6.45) is 8.87. The van der Waals surface area contributed by atoms with Crippen molar-refractivity contribution in [2.24, 2.45) is 23.7 Å². The van der Waals surface area contributed by atoms with Gasteiger partial charge in [-0.25, -0.2) is 24.3 Å². The fraction of sp³-hybridized carbons (Fsp3) is 0.357. The largest absolute Gasteiger partial charge is 0.454 e. The van der Waals surface area contributed by atoms with Gasteiger partial charge in [0.2, 0.25) is 0 Å². The van der Waals surface area contributed by atoms with Crippen molar-refractivity contribution in [1.29, 1.82) is 0 Å². The molecule has 0 aliphatic heterocycles. The average Bonchev–Trinajstić information content (AvgIpc) is 3.51.